The summed E-state index contributed by atoms with van der Waals surface area (Å²) < 4.78 is 5.43. The van der Waals surface area contributed by atoms with E-state index in [9.17, 15) is 5.11 Å². The Labute approximate surface area is 163 Å². The van der Waals surface area contributed by atoms with E-state index >= 15 is 0 Å². The molecule has 3 rings (SSSR count). The minimum atomic E-state index is -0.908. The number of rotatable bonds is 6. The topological polar surface area (TPSA) is 135 Å². The van der Waals surface area contributed by atoms with Gasteiger partial charge in [-0.2, -0.15) is 4.98 Å². The van der Waals surface area contributed by atoms with E-state index in [1.807, 2.05) is 0 Å². The van der Waals surface area contributed by atoms with Crippen molar-refractivity contribution >= 4 is 23.9 Å². The third-order valence-electron chi connectivity index (χ3n) is 4.12. The normalized spacial score (nSPS) is 15.2. The SMILES string of the molecule is C/N=C\c1c(NCC(C)(C)O)nc(N2CCOCC2)nc1-c1cnc(N)nc1. The highest BCUT2D eigenvalue weighted by Crippen LogP contribution is 2.28. The summed E-state index contributed by atoms with van der Waals surface area (Å²) in [7, 11) is 1.68. The van der Waals surface area contributed by atoms with Crippen molar-refractivity contribution in [2.75, 3.05) is 55.8 Å². The maximum Gasteiger partial charge on any atom is 0.228 e. The first-order valence-electron chi connectivity index (χ1n) is 9.08. The smallest absolute Gasteiger partial charge is 0.228 e. The van der Waals surface area contributed by atoms with E-state index in [1.54, 1.807) is 39.5 Å². The van der Waals surface area contributed by atoms with E-state index in [4.69, 9.17) is 20.4 Å². The fraction of sp³-hybridized carbons (Fsp3) is 0.500. The molecule has 0 spiro atoms. The molecule has 3 heterocycles. The summed E-state index contributed by atoms with van der Waals surface area (Å²) in [5.74, 6) is 1.34. The zero-order valence-electron chi connectivity index (χ0n) is 16.4. The van der Waals surface area contributed by atoms with Crippen molar-refractivity contribution in [2.45, 2.75) is 19.4 Å². The molecule has 0 atom stereocenters. The maximum atomic E-state index is 10.1. The summed E-state index contributed by atoms with van der Waals surface area (Å²) in [4.78, 5) is 23.8. The van der Waals surface area contributed by atoms with Crippen molar-refractivity contribution in [2.24, 2.45) is 4.99 Å². The van der Waals surface area contributed by atoms with Crippen LogP contribution in [-0.2, 0) is 4.74 Å². The van der Waals surface area contributed by atoms with Gasteiger partial charge in [0.05, 0.1) is 30.1 Å². The third-order valence-corrected chi connectivity index (χ3v) is 4.12. The van der Waals surface area contributed by atoms with Crippen molar-refractivity contribution < 1.29 is 9.84 Å². The molecule has 0 radical (unpaired) electrons. The monoisotopic (exact) mass is 386 g/mol. The van der Waals surface area contributed by atoms with Crippen molar-refractivity contribution in [3.63, 3.8) is 0 Å². The second kappa shape index (κ2) is 8.44. The van der Waals surface area contributed by atoms with Gasteiger partial charge >= 0.3 is 0 Å². The van der Waals surface area contributed by atoms with E-state index < -0.39 is 5.60 Å². The van der Waals surface area contributed by atoms with Crippen LogP contribution in [0.25, 0.3) is 11.3 Å². The molecule has 0 unspecified atom stereocenters. The molecule has 4 N–H and O–H groups in total. The van der Waals surface area contributed by atoms with E-state index in [-0.39, 0.29) is 5.95 Å². The molecule has 10 nitrogen and oxygen atoms in total. The summed E-state index contributed by atoms with van der Waals surface area (Å²) in [6.45, 7) is 6.41. The van der Waals surface area contributed by atoms with Crippen LogP contribution in [0.3, 0.4) is 0 Å². The lowest BCUT2D eigenvalue weighted by Crippen LogP contribution is -2.38. The van der Waals surface area contributed by atoms with E-state index in [1.165, 1.54) is 0 Å². The molecule has 0 bridgehead atoms. The van der Waals surface area contributed by atoms with Crippen LogP contribution >= 0.6 is 0 Å². The molecule has 28 heavy (non-hydrogen) atoms. The maximum absolute atomic E-state index is 10.1. The Balaban J connectivity index is 2.11. The molecule has 0 amide bonds. The molecule has 1 saturated heterocycles. The molecule has 0 aromatic carbocycles. The lowest BCUT2D eigenvalue weighted by atomic mass is 10.1. The minimum Gasteiger partial charge on any atom is -0.389 e. The highest BCUT2D eigenvalue weighted by molar-refractivity contribution is 5.94. The van der Waals surface area contributed by atoms with Crippen molar-refractivity contribution in [1.82, 2.24) is 19.9 Å². The molecule has 2 aromatic rings. The summed E-state index contributed by atoms with van der Waals surface area (Å²) in [6.07, 6.45) is 4.93. The van der Waals surface area contributed by atoms with Gasteiger partial charge in [-0.25, -0.2) is 15.0 Å². The molecule has 1 aliphatic rings. The third kappa shape index (κ3) is 4.90. The lowest BCUT2D eigenvalue weighted by molar-refractivity contribution is 0.0944. The zero-order chi connectivity index (χ0) is 20.1. The summed E-state index contributed by atoms with van der Waals surface area (Å²) in [5.41, 5.74) is 6.75. The largest absolute Gasteiger partial charge is 0.389 e. The fourth-order valence-corrected chi connectivity index (χ4v) is 2.73. The van der Waals surface area contributed by atoms with Gasteiger partial charge in [0.25, 0.3) is 0 Å². The summed E-state index contributed by atoms with van der Waals surface area (Å²) >= 11 is 0. The van der Waals surface area contributed by atoms with Crippen LogP contribution in [-0.4, -0.2) is 76.8 Å². The highest BCUT2D eigenvalue weighted by Gasteiger charge is 2.22. The van der Waals surface area contributed by atoms with Crippen LogP contribution in [0.15, 0.2) is 17.4 Å². The van der Waals surface area contributed by atoms with E-state index in [2.05, 4.69) is 25.2 Å². The molecular formula is C18H26N8O2. The average molecular weight is 386 g/mol. The molecule has 0 saturated carbocycles. The first-order valence-corrected chi connectivity index (χ1v) is 9.08. The molecule has 1 aliphatic heterocycles. The molecule has 2 aromatic heterocycles. The second-order valence-corrected chi connectivity index (χ2v) is 7.12. The van der Waals surface area contributed by atoms with E-state index in [0.29, 0.717) is 61.4 Å². The van der Waals surface area contributed by atoms with Gasteiger partial charge in [-0.1, -0.05) is 0 Å². The first kappa shape index (κ1) is 19.9. The number of morpholine rings is 1. The van der Waals surface area contributed by atoms with Gasteiger partial charge in [0, 0.05) is 50.9 Å². The standard InChI is InChI=1S/C18H26N8O2/c1-18(2,27)11-23-15-13(10-20-3)14(12-8-21-16(19)22-9-12)24-17(25-15)26-4-6-28-7-5-26/h8-10,27H,4-7,11H2,1-3H3,(H2,19,21,22)(H,23,24,25)/b20-10-. The Morgan fingerprint density at radius 3 is 2.57 bits per heavy atom. The van der Waals surface area contributed by atoms with Crippen LogP contribution in [0.4, 0.5) is 17.7 Å². The van der Waals surface area contributed by atoms with Gasteiger partial charge in [0.1, 0.15) is 5.82 Å². The molecule has 0 aliphatic carbocycles. The van der Waals surface area contributed by atoms with Crippen LogP contribution in [0.1, 0.15) is 19.4 Å². The Kier molecular flexibility index (Phi) is 6.00. The van der Waals surface area contributed by atoms with Crippen LogP contribution < -0.4 is 16.0 Å². The Morgan fingerprint density at radius 2 is 1.96 bits per heavy atom. The number of aliphatic hydroxyl groups is 1. The van der Waals surface area contributed by atoms with Gasteiger partial charge in [-0.3, -0.25) is 4.99 Å². The molecule has 10 heteroatoms. The summed E-state index contributed by atoms with van der Waals surface area (Å²) in [5, 5.41) is 13.4. The van der Waals surface area contributed by atoms with E-state index in [0.717, 1.165) is 0 Å². The number of ether oxygens (including phenoxy) is 1. The fourth-order valence-electron chi connectivity index (χ4n) is 2.73. The predicted octanol–water partition coefficient (Wildman–Crippen LogP) is 0.584. The number of nitrogen functional groups attached to an aromatic ring is 1. The predicted molar refractivity (Wildman–Crippen MR) is 109 cm³/mol. The van der Waals surface area contributed by atoms with Gasteiger partial charge in [0.15, 0.2) is 0 Å². The first-order chi connectivity index (χ1) is 13.4. The lowest BCUT2D eigenvalue weighted by Gasteiger charge is -2.28. The van der Waals surface area contributed by atoms with Crippen molar-refractivity contribution in [3.05, 3.63) is 18.0 Å². The van der Waals surface area contributed by atoms with Crippen LogP contribution in [0, 0.1) is 0 Å². The van der Waals surface area contributed by atoms with Gasteiger partial charge < -0.3 is 25.8 Å². The summed E-state index contributed by atoms with van der Waals surface area (Å²) in [6, 6.07) is 0. The van der Waals surface area contributed by atoms with Crippen LogP contribution in [0.5, 0.6) is 0 Å². The van der Waals surface area contributed by atoms with Crippen molar-refractivity contribution in [3.8, 4) is 11.3 Å². The number of anilines is 3. The number of aliphatic imine (C=N–C) groups is 1. The Hall–Kier alpha value is -2.85. The number of nitrogens with two attached hydrogens (primary N) is 1. The van der Waals surface area contributed by atoms with Crippen LogP contribution in [0.2, 0.25) is 0 Å². The van der Waals surface area contributed by atoms with Gasteiger partial charge in [0.2, 0.25) is 11.9 Å². The minimum absolute atomic E-state index is 0.192. The Bertz CT molecular complexity index is 827. The number of hydrogen-bond donors (Lipinski definition) is 3. The zero-order valence-corrected chi connectivity index (χ0v) is 16.4. The number of aromatic nitrogens is 4. The highest BCUT2D eigenvalue weighted by atomic mass is 16.5. The van der Waals surface area contributed by atoms with Gasteiger partial charge in [-0.05, 0) is 13.8 Å². The Morgan fingerprint density at radius 1 is 1.29 bits per heavy atom. The molecule has 150 valence electrons. The average Bonchev–Trinajstić information content (AvgIpc) is 2.68. The molecule has 1 fully saturated rings. The number of nitrogens with one attached hydrogen (secondary N) is 1. The quantitative estimate of drug-likeness (QED) is 0.609. The second-order valence-electron chi connectivity index (χ2n) is 7.12. The van der Waals surface area contributed by atoms with Crippen molar-refractivity contribution in [1.29, 1.82) is 0 Å². The molecular weight excluding hydrogens is 360 g/mol. The number of nitrogens with zero attached hydrogens (tertiary/aromatic N) is 6. The van der Waals surface area contributed by atoms with Gasteiger partial charge in [-0.15, -0.1) is 0 Å². The number of hydrogen-bond acceptors (Lipinski definition) is 10.